The first kappa shape index (κ1) is 13.4. The van der Waals surface area contributed by atoms with Crippen molar-refractivity contribution in [2.75, 3.05) is 26.2 Å². The minimum atomic E-state index is 0.0424. The van der Waals surface area contributed by atoms with E-state index in [1.54, 1.807) is 0 Å². The number of rotatable bonds is 5. The number of aryl methyl sites for hydroxylation is 1. The summed E-state index contributed by atoms with van der Waals surface area (Å²) in [6.45, 7) is 6.15. The van der Waals surface area contributed by atoms with Crippen LogP contribution in [0.5, 0.6) is 5.75 Å². The molecule has 1 fully saturated rings. The second-order valence-corrected chi connectivity index (χ2v) is 5.02. The Hall–Kier alpha value is -1.06. The summed E-state index contributed by atoms with van der Waals surface area (Å²) in [6.07, 6.45) is 3.99. The van der Waals surface area contributed by atoms with Crippen LogP contribution in [-0.2, 0) is 6.61 Å². The maximum Gasteiger partial charge on any atom is 0.124 e. The van der Waals surface area contributed by atoms with Crippen LogP contribution >= 0.6 is 0 Å². The summed E-state index contributed by atoms with van der Waals surface area (Å²) in [7, 11) is 0. The zero-order valence-electron chi connectivity index (χ0n) is 11.2. The third-order valence-electron chi connectivity index (χ3n) is 3.50. The lowest BCUT2D eigenvalue weighted by Gasteiger charge is -2.26. The van der Waals surface area contributed by atoms with Gasteiger partial charge in [-0.15, -0.1) is 0 Å². The molecule has 3 nitrogen and oxygen atoms in total. The number of hydrogen-bond donors (Lipinski definition) is 1. The van der Waals surface area contributed by atoms with Gasteiger partial charge >= 0.3 is 0 Å². The average Bonchev–Trinajstić information content (AvgIpc) is 2.41. The zero-order valence-corrected chi connectivity index (χ0v) is 11.2. The molecule has 100 valence electrons. The highest BCUT2D eigenvalue weighted by atomic mass is 16.5. The molecule has 0 spiro atoms. The second-order valence-electron chi connectivity index (χ2n) is 5.02. The Morgan fingerprint density at radius 1 is 1.22 bits per heavy atom. The van der Waals surface area contributed by atoms with Crippen LogP contribution in [-0.4, -0.2) is 36.2 Å². The number of nitrogens with zero attached hydrogens (tertiary/aromatic N) is 1. The van der Waals surface area contributed by atoms with E-state index in [0.29, 0.717) is 6.61 Å². The van der Waals surface area contributed by atoms with Crippen molar-refractivity contribution in [3.8, 4) is 5.75 Å². The van der Waals surface area contributed by atoms with E-state index in [2.05, 4.69) is 4.90 Å². The maximum atomic E-state index is 9.30. The van der Waals surface area contributed by atoms with Crippen molar-refractivity contribution in [1.29, 1.82) is 0 Å². The molecule has 0 bridgehead atoms. The highest BCUT2D eigenvalue weighted by Gasteiger charge is 2.10. The van der Waals surface area contributed by atoms with E-state index in [9.17, 15) is 5.11 Å². The van der Waals surface area contributed by atoms with Crippen LogP contribution in [0.25, 0.3) is 0 Å². The maximum absolute atomic E-state index is 9.30. The Balaban J connectivity index is 1.82. The molecule has 1 aliphatic rings. The van der Waals surface area contributed by atoms with Gasteiger partial charge in [-0.2, -0.15) is 0 Å². The first-order chi connectivity index (χ1) is 8.79. The molecule has 1 aromatic carbocycles. The number of ether oxygens (including phenoxy) is 1. The molecule has 0 aromatic heterocycles. The van der Waals surface area contributed by atoms with Gasteiger partial charge in [0.1, 0.15) is 12.4 Å². The van der Waals surface area contributed by atoms with Crippen molar-refractivity contribution in [2.45, 2.75) is 32.8 Å². The number of benzene rings is 1. The van der Waals surface area contributed by atoms with E-state index in [1.807, 2.05) is 25.1 Å². The van der Waals surface area contributed by atoms with E-state index in [1.165, 1.54) is 32.4 Å². The van der Waals surface area contributed by atoms with Gasteiger partial charge in [0.15, 0.2) is 0 Å². The molecule has 1 N–H and O–H groups in total. The molecule has 1 aliphatic heterocycles. The van der Waals surface area contributed by atoms with Crippen LogP contribution in [0, 0.1) is 6.92 Å². The van der Waals surface area contributed by atoms with Crippen LogP contribution in [0.15, 0.2) is 18.2 Å². The minimum Gasteiger partial charge on any atom is -0.492 e. The minimum absolute atomic E-state index is 0.0424. The van der Waals surface area contributed by atoms with Gasteiger partial charge in [0.25, 0.3) is 0 Å². The highest BCUT2D eigenvalue weighted by molar-refractivity contribution is 5.36. The van der Waals surface area contributed by atoms with Gasteiger partial charge < -0.3 is 9.84 Å². The Kier molecular flexibility index (Phi) is 5.02. The Bertz CT molecular complexity index is 373. The molecule has 1 heterocycles. The molecule has 2 rings (SSSR count). The normalized spacial score (nSPS) is 16.8. The van der Waals surface area contributed by atoms with Crippen LogP contribution in [0.3, 0.4) is 0 Å². The summed E-state index contributed by atoms with van der Waals surface area (Å²) in [6, 6.07) is 5.96. The summed E-state index contributed by atoms with van der Waals surface area (Å²) in [5.74, 6) is 0.820. The molecule has 1 saturated heterocycles. The van der Waals surface area contributed by atoms with Crippen LogP contribution < -0.4 is 4.74 Å². The topological polar surface area (TPSA) is 32.7 Å². The molecule has 0 radical (unpaired) electrons. The first-order valence-corrected chi connectivity index (χ1v) is 6.85. The fourth-order valence-corrected chi connectivity index (χ4v) is 2.44. The lowest BCUT2D eigenvalue weighted by Crippen LogP contribution is -2.33. The predicted molar refractivity (Wildman–Crippen MR) is 72.9 cm³/mol. The number of aliphatic hydroxyl groups excluding tert-OH is 1. The zero-order chi connectivity index (χ0) is 12.8. The number of hydrogen-bond acceptors (Lipinski definition) is 3. The molecule has 0 amide bonds. The quantitative estimate of drug-likeness (QED) is 0.869. The largest absolute Gasteiger partial charge is 0.492 e. The summed E-state index contributed by atoms with van der Waals surface area (Å²) in [5.41, 5.74) is 2.04. The van der Waals surface area contributed by atoms with E-state index < -0.39 is 0 Å². The van der Waals surface area contributed by atoms with Gasteiger partial charge in [-0.1, -0.05) is 24.1 Å². The highest BCUT2D eigenvalue weighted by Crippen LogP contribution is 2.20. The third-order valence-corrected chi connectivity index (χ3v) is 3.50. The molecular formula is C15H23NO2. The van der Waals surface area contributed by atoms with Gasteiger partial charge in [0.05, 0.1) is 6.61 Å². The van der Waals surface area contributed by atoms with Crippen LogP contribution in [0.1, 0.15) is 30.4 Å². The fraction of sp³-hybridized carbons (Fsp3) is 0.600. The third kappa shape index (κ3) is 3.72. The smallest absolute Gasteiger partial charge is 0.124 e. The molecule has 1 aromatic rings. The van der Waals surface area contributed by atoms with Gasteiger partial charge in [0.2, 0.25) is 0 Å². The summed E-state index contributed by atoms with van der Waals surface area (Å²) >= 11 is 0. The Morgan fingerprint density at radius 2 is 2.00 bits per heavy atom. The fourth-order valence-electron chi connectivity index (χ4n) is 2.44. The molecule has 3 heteroatoms. The molecule has 0 saturated carbocycles. The SMILES string of the molecule is Cc1ccc(OCCN2CCCCC2)c(CO)c1. The number of aliphatic hydroxyl groups is 1. The van der Waals surface area contributed by atoms with Gasteiger partial charge in [0, 0.05) is 12.1 Å². The first-order valence-electron chi connectivity index (χ1n) is 6.85. The van der Waals surface area contributed by atoms with Crippen molar-refractivity contribution < 1.29 is 9.84 Å². The average molecular weight is 249 g/mol. The van der Waals surface area contributed by atoms with Crippen LogP contribution in [0.2, 0.25) is 0 Å². The number of likely N-dealkylation sites (tertiary alicyclic amines) is 1. The molecule has 18 heavy (non-hydrogen) atoms. The second kappa shape index (κ2) is 6.76. The van der Waals surface area contributed by atoms with E-state index in [4.69, 9.17) is 4.74 Å². The van der Waals surface area contributed by atoms with E-state index >= 15 is 0 Å². The summed E-state index contributed by atoms with van der Waals surface area (Å²) in [4.78, 5) is 2.45. The van der Waals surface area contributed by atoms with E-state index in [0.717, 1.165) is 23.4 Å². The van der Waals surface area contributed by atoms with Crippen molar-refractivity contribution in [2.24, 2.45) is 0 Å². The lowest BCUT2D eigenvalue weighted by atomic mass is 10.1. The summed E-state index contributed by atoms with van der Waals surface area (Å²) in [5, 5.41) is 9.30. The molecular weight excluding hydrogens is 226 g/mol. The van der Waals surface area contributed by atoms with Crippen molar-refractivity contribution >= 4 is 0 Å². The van der Waals surface area contributed by atoms with Gasteiger partial charge in [-0.25, -0.2) is 0 Å². The van der Waals surface area contributed by atoms with E-state index in [-0.39, 0.29) is 6.61 Å². The predicted octanol–water partition coefficient (Wildman–Crippen LogP) is 2.35. The number of piperidine rings is 1. The Labute approximate surface area is 109 Å². The Morgan fingerprint density at radius 3 is 2.72 bits per heavy atom. The van der Waals surface area contributed by atoms with Gasteiger partial charge in [-0.3, -0.25) is 4.90 Å². The monoisotopic (exact) mass is 249 g/mol. The van der Waals surface area contributed by atoms with Crippen molar-refractivity contribution in [1.82, 2.24) is 4.90 Å². The summed E-state index contributed by atoms with van der Waals surface area (Å²) < 4.78 is 5.78. The van der Waals surface area contributed by atoms with Gasteiger partial charge in [-0.05, 0) is 38.9 Å². The molecule has 0 unspecified atom stereocenters. The molecule has 0 atom stereocenters. The lowest BCUT2D eigenvalue weighted by molar-refractivity contribution is 0.180. The van der Waals surface area contributed by atoms with Crippen molar-refractivity contribution in [3.05, 3.63) is 29.3 Å². The molecule has 0 aliphatic carbocycles. The van der Waals surface area contributed by atoms with Crippen molar-refractivity contribution in [3.63, 3.8) is 0 Å². The van der Waals surface area contributed by atoms with Crippen LogP contribution in [0.4, 0.5) is 0 Å². The standard InChI is InChI=1S/C15H23NO2/c1-13-5-6-15(14(11-13)12-17)18-10-9-16-7-3-2-4-8-16/h5-6,11,17H,2-4,7-10,12H2,1H3.